The molecule has 1 aromatic carbocycles. The van der Waals surface area contributed by atoms with E-state index in [1.807, 2.05) is 18.2 Å². The highest BCUT2D eigenvalue weighted by atomic mass is 127. The molecular formula is C18H27IN4O2. The summed E-state index contributed by atoms with van der Waals surface area (Å²) in [5.41, 5.74) is 0.857. The zero-order valence-corrected chi connectivity index (χ0v) is 17.3. The lowest BCUT2D eigenvalue weighted by molar-refractivity contribution is -0.120. The molecule has 1 unspecified atom stereocenters. The third-order valence-electron chi connectivity index (χ3n) is 4.27. The van der Waals surface area contributed by atoms with Crippen LogP contribution in [0, 0.1) is 0 Å². The van der Waals surface area contributed by atoms with Crippen LogP contribution in [0.25, 0.3) is 0 Å². The Bertz CT molecular complexity index is 644. The number of benzene rings is 1. The molecule has 1 saturated carbocycles. The van der Waals surface area contributed by atoms with Crippen LogP contribution < -0.4 is 20.7 Å². The Balaban J connectivity index is 0.00000225. The minimum atomic E-state index is -0.256. The Morgan fingerprint density at radius 1 is 1.28 bits per heavy atom. The van der Waals surface area contributed by atoms with Crippen LogP contribution in [0.1, 0.15) is 44.7 Å². The fourth-order valence-electron chi connectivity index (χ4n) is 2.96. The molecule has 1 amide bonds. The van der Waals surface area contributed by atoms with Crippen LogP contribution in [0.5, 0.6) is 5.75 Å². The molecule has 0 radical (unpaired) electrons. The van der Waals surface area contributed by atoms with Crippen LogP contribution in [-0.4, -0.2) is 37.1 Å². The van der Waals surface area contributed by atoms with Gasteiger partial charge >= 0.3 is 0 Å². The van der Waals surface area contributed by atoms with Crippen molar-refractivity contribution in [3.05, 3.63) is 29.8 Å². The molecule has 3 N–H and O–H groups in total. The summed E-state index contributed by atoms with van der Waals surface area (Å²) in [6.07, 6.45) is 3.00. The number of fused-ring (bicyclic) bond motifs is 1. The lowest BCUT2D eigenvalue weighted by Crippen LogP contribution is -2.47. The third-order valence-corrected chi connectivity index (χ3v) is 4.27. The summed E-state index contributed by atoms with van der Waals surface area (Å²) in [6.45, 7) is 4.39. The van der Waals surface area contributed by atoms with Crippen LogP contribution in [0.2, 0.25) is 0 Å². The molecule has 0 saturated heterocycles. The van der Waals surface area contributed by atoms with Gasteiger partial charge in [-0.1, -0.05) is 18.2 Å². The molecule has 0 aromatic heterocycles. The van der Waals surface area contributed by atoms with Gasteiger partial charge in [-0.3, -0.25) is 9.79 Å². The second kappa shape index (κ2) is 8.25. The van der Waals surface area contributed by atoms with Crippen molar-refractivity contribution in [2.75, 3.05) is 13.6 Å². The summed E-state index contributed by atoms with van der Waals surface area (Å²) in [4.78, 5) is 16.1. The summed E-state index contributed by atoms with van der Waals surface area (Å²) in [5, 5.41) is 9.48. The van der Waals surface area contributed by atoms with Gasteiger partial charge in [-0.25, -0.2) is 0 Å². The van der Waals surface area contributed by atoms with E-state index in [9.17, 15) is 4.79 Å². The topological polar surface area (TPSA) is 74.8 Å². The number of hydrogen-bond donors (Lipinski definition) is 3. The molecule has 1 fully saturated rings. The predicted octanol–water partition coefficient (Wildman–Crippen LogP) is 2.35. The van der Waals surface area contributed by atoms with Gasteiger partial charge in [-0.2, -0.15) is 0 Å². The van der Waals surface area contributed by atoms with Crippen LogP contribution in [0.3, 0.4) is 0 Å². The number of nitrogens with one attached hydrogen (secondary N) is 3. The number of para-hydroxylation sites is 1. The lowest BCUT2D eigenvalue weighted by atomic mass is 9.90. The first kappa shape index (κ1) is 19.8. The highest BCUT2D eigenvalue weighted by molar-refractivity contribution is 14.0. The maximum atomic E-state index is 11.8. The molecule has 1 heterocycles. The zero-order chi connectivity index (χ0) is 17.2. The summed E-state index contributed by atoms with van der Waals surface area (Å²) in [5.74, 6) is 1.53. The number of hydrogen-bond acceptors (Lipinski definition) is 3. The Hall–Kier alpha value is -1.51. The first-order chi connectivity index (χ1) is 11.5. The number of ether oxygens (including phenoxy) is 1. The van der Waals surface area contributed by atoms with Crippen LogP contribution >= 0.6 is 24.0 Å². The van der Waals surface area contributed by atoms with Gasteiger partial charge < -0.3 is 20.7 Å². The molecule has 1 aromatic rings. The molecule has 3 rings (SSSR count). The van der Waals surface area contributed by atoms with Crippen molar-refractivity contribution in [3.63, 3.8) is 0 Å². The van der Waals surface area contributed by atoms with Gasteiger partial charge in [-0.15, -0.1) is 24.0 Å². The van der Waals surface area contributed by atoms with E-state index in [4.69, 9.17) is 4.74 Å². The van der Waals surface area contributed by atoms with Crippen molar-refractivity contribution in [1.29, 1.82) is 0 Å². The third kappa shape index (κ3) is 5.49. The summed E-state index contributed by atoms with van der Waals surface area (Å²) >= 11 is 0. The molecule has 25 heavy (non-hydrogen) atoms. The number of amides is 1. The van der Waals surface area contributed by atoms with E-state index in [0.29, 0.717) is 12.0 Å². The first-order valence-electron chi connectivity index (χ1n) is 8.51. The van der Waals surface area contributed by atoms with Crippen LogP contribution in [-0.2, 0) is 4.79 Å². The van der Waals surface area contributed by atoms with Crippen molar-refractivity contribution in [3.8, 4) is 5.75 Å². The molecule has 2 aliphatic rings. The average Bonchev–Trinajstić information content (AvgIpc) is 3.34. The first-order valence-corrected chi connectivity index (χ1v) is 8.51. The quantitative estimate of drug-likeness (QED) is 0.368. The molecule has 1 aliphatic heterocycles. The number of carbonyl (C=O) groups excluding carboxylic acids is 1. The molecule has 1 aliphatic carbocycles. The fourth-order valence-corrected chi connectivity index (χ4v) is 2.96. The fraction of sp³-hybridized carbons (Fsp3) is 0.556. The van der Waals surface area contributed by atoms with E-state index in [-0.39, 0.29) is 48.1 Å². The zero-order valence-electron chi connectivity index (χ0n) is 15.0. The molecule has 6 nitrogen and oxygen atoms in total. The lowest BCUT2D eigenvalue weighted by Gasteiger charge is -2.38. The number of guanidine groups is 1. The monoisotopic (exact) mass is 458 g/mol. The SMILES string of the molecule is CN=C(NCC(=O)NC1CC1)NC1CC(C)(C)Oc2ccccc21.I. The summed E-state index contributed by atoms with van der Waals surface area (Å²) < 4.78 is 6.05. The molecule has 0 spiro atoms. The van der Waals surface area contributed by atoms with Crippen molar-refractivity contribution in [2.45, 2.75) is 50.8 Å². The van der Waals surface area contributed by atoms with Crippen molar-refractivity contribution in [2.24, 2.45) is 4.99 Å². The van der Waals surface area contributed by atoms with E-state index in [1.165, 1.54) is 0 Å². The minimum Gasteiger partial charge on any atom is -0.487 e. The Kier molecular flexibility index (Phi) is 6.53. The Morgan fingerprint density at radius 2 is 2.00 bits per heavy atom. The summed E-state index contributed by atoms with van der Waals surface area (Å²) in [7, 11) is 1.71. The van der Waals surface area contributed by atoms with Crippen LogP contribution in [0.4, 0.5) is 0 Å². The molecule has 1 atom stereocenters. The van der Waals surface area contributed by atoms with Gasteiger partial charge in [0.15, 0.2) is 5.96 Å². The highest BCUT2D eigenvalue weighted by Crippen LogP contribution is 2.39. The van der Waals surface area contributed by atoms with E-state index in [0.717, 1.165) is 30.6 Å². The van der Waals surface area contributed by atoms with Crippen molar-refractivity contribution < 1.29 is 9.53 Å². The predicted molar refractivity (Wildman–Crippen MR) is 110 cm³/mol. The number of nitrogens with zero attached hydrogens (tertiary/aromatic N) is 1. The van der Waals surface area contributed by atoms with E-state index in [1.54, 1.807) is 7.05 Å². The smallest absolute Gasteiger partial charge is 0.239 e. The number of aliphatic imine (C=N–C) groups is 1. The maximum absolute atomic E-state index is 11.8. The summed E-state index contributed by atoms with van der Waals surface area (Å²) in [6, 6.07) is 8.50. The standard InChI is InChI=1S/C18H26N4O2.HI/c1-18(2)10-14(13-6-4-5-7-15(13)24-18)22-17(19-3)20-11-16(23)21-12-8-9-12;/h4-7,12,14H,8-11H2,1-3H3,(H,21,23)(H2,19,20,22);1H. The second-order valence-electron chi connectivity index (χ2n) is 7.07. The van der Waals surface area contributed by atoms with Crippen LogP contribution in [0.15, 0.2) is 29.3 Å². The Labute approximate surface area is 166 Å². The molecular weight excluding hydrogens is 431 g/mol. The largest absolute Gasteiger partial charge is 0.487 e. The molecule has 7 heteroatoms. The normalized spacial score (nSPS) is 21.2. The highest BCUT2D eigenvalue weighted by Gasteiger charge is 2.34. The minimum absolute atomic E-state index is 0. The van der Waals surface area contributed by atoms with E-state index in [2.05, 4.69) is 40.9 Å². The van der Waals surface area contributed by atoms with Gasteiger partial charge in [0.05, 0.1) is 12.6 Å². The number of halogens is 1. The Morgan fingerprint density at radius 3 is 2.68 bits per heavy atom. The van der Waals surface area contributed by atoms with Gasteiger partial charge in [-0.05, 0) is 32.8 Å². The second-order valence-corrected chi connectivity index (χ2v) is 7.07. The van der Waals surface area contributed by atoms with Crippen molar-refractivity contribution in [1.82, 2.24) is 16.0 Å². The average molecular weight is 458 g/mol. The van der Waals surface area contributed by atoms with Gasteiger partial charge in [0, 0.05) is 25.1 Å². The number of rotatable bonds is 4. The maximum Gasteiger partial charge on any atom is 0.239 e. The van der Waals surface area contributed by atoms with Crippen molar-refractivity contribution >= 4 is 35.8 Å². The van der Waals surface area contributed by atoms with Gasteiger partial charge in [0.2, 0.25) is 5.91 Å². The van der Waals surface area contributed by atoms with Gasteiger partial charge in [0.1, 0.15) is 11.4 Å². The van der Waals surface area contributed by atoms with Gasteiger partial charge in [0.25, 0.3) is 0 Å². The van der Waals surface area contributed by atoms with E-state index < -0.39 is 0 Å². The molecule has 138 valence electrons. The van der Waals surface area contributed by atoms with E-state index >= 15 is 0 Å². The molecule has 0 bridgehead atoms. The number of carbonyl (C=O) groups is 1.